The highest BCUT2D eigenvalue weighted by Crippen LogP contribution is 2.30. The number of allylic oxidation sites excluding steroid dienone is 1. The number of carbonyl (C=O) groups is 1. The van der Waals surface area contributed by atoms with Gasteiger partial charge in [-0.2, -0.15) is 0 Å². The average Bonchev–Trinajstić information content (AvgIpc) is 2.84. The van der Waals surface area contributed by atoms with Crippen LogP contribution >= 0.6 is 0 Å². The Bertz CT molecular complexity index is 1110. The normalized spacial score (nSPS) is 12.9. The largest absolute Gasteiger partial charge is 0.456 e. The van der Waals surface area contributed by atoms with E-state index in [1.54, 1.807) is 6.08 Å². The molecule has 0 saturated heterocycles. The van der Waals surface area contributed by atoms with Crippen LogP contribution in [0.25, 0.3) is 0 Å². The van der Waals surface area contributed by atoms with Gasteiger partial charge >= 0.3 is 5.97 Å². The van der Waals surface area contributed by atoms with E-state index in [9.17, 15) is 4.79 Å². The first-order chi connectivity index (χ1) is 16.8. The van der Waals surface area contributed by atoms with Gasteiger partial charge in [-0.3, -0.25) is 9.69 Å². The summed E-state index contributed by atoms with van der Waals surface area (Å²) in [6, 6.07) is 23.1. The standard InChI is InChI=1S/C32H39NO2/c1-7-8-18-31(34)35-32(28-15-10-9-11-16-28)27(6)33(21-29-17-13-12-14-24(29)3)22-30-25(4)19-23(2)20-26(30)5/h7,9-17,19-20,27,32H,1,8,18,21-22H2,2-6H3/t27-,32-/m0/s1. The van der Waals surface area contributed by atoms with Crippen LogP contribution in [0.2, 0.25) is 0 Å². The lowest BCUT2D eigenvalue weighted by Gasteiger charge is -2.36. The van der Waals surface area contributed by atoms with Crippen molar-refractivity contribution in [1.82, 2.24) is 4.90 Å². The summed E-state index contributed by atoms with van der Waals surface area (Å²) in [5, 5.41) is 0. The van der Waals surface area contributed by atoms with Gasteiger partial charge in [0.05, 0.1) is 0 Å². The van der Waals surface area contributed by atoms with Gasteiger partial charge in [-0.15, -0.1) is 6.58 Å². The predicted molar refractivity (Wildman–Crippen MR) is 145 cm³/mol. The van der Waals surface area contributed by atoms with Gasteiger partial charge in [0.2, 0.25) is 0 Å². The number of hydrogen-bond donors (Lipinski definition) is 0. The van der Waals surface area contributed by atoms with Crippen LogP contribution in [0.4, 0.5) is 0 Å². The molecule has 3 aromatic rings. The molecule has 0 aromatic heterocycles. The first kappa shape index (κ1) is 26.4. The minimum absolute atomic E-state index is 0.0372. The van der Waals surface area contributed by atoms with Gasteiger partial charge in [0, 0.05) is 25.6 Å². The minimum atomic E-state index is -0.372. The fourth-order valence-corrected chi connectivity index (χ4v) is 4.71. The van der Waals surface area contributed by atoms with Crippen molar-refractivity contribution in [2.75, 3.05) is 0 Å². The third-order valence-electron chi connectivity index (χ3n) is 6.79. The van der Waals surface area contributed by atoms with E-state index in [-0.39, 0.29) is 18.1 Å². The average molecular weight is 470 g/mol. The van der Waals surface area contributed by atoms with Crippen LogP contribution in [0.15, 0.2) is 79.4 Å². The Labute approximate surface area is 211 Å². The Hall–Kier alpha value is -3.17. The molecule has 184 valence electrons. The van der Waals surface area contributed by atoms with Crippen molar-refractivity contribution in [1.29, 1.82) is 0 Å². The number of ether oxygens (including phenoxy) is 1. The molecule has 3 nitrogen and oxygen atoms in total. The van der Waals surface area contributed by atoms with Gasteiger partial charge < -0.3 is 4.74 Å². The molecule has 3 heteroatoms. The Morgan fingerprint density at radius 1 is 0.914 bits per heavy atom. The maximum absolute atomic E-state index is 12.7. The Kier molecular flexibility index (Phi) is 9.45. The van der Waals surface area contributed by atoms with Crippen LogP contribution in [0, 0.1) is 27.7 Å². The van der Waals surface area contributed by atoms with Gasteiger partial charge in [-0.05, 0) is 74.4 Å². The molecule has 3 aromatic carbocycles. The molecule has 0 amide bonds. The Balaban J connectivity index is 2.00. The smallest absolute Gasteiger partial charge is 0.306 e. The summed E-state index contributed by atoms with van der Waals surface area (Å²) in [4.78, 5) is 15.2. The summed E-state index contributed by atoms with van der Waals surface area (Å²) in [6.45, 7) is 16.2. The van der Waals surface area contributed by atoms with Gasteiger partial charge in [-0.25, -0.2) is 0 Å². The van der Waals surface area contributed by atoms with Crippen molar-refractivity contribution in [2.45, 2.75) is 72.7 Å². The summed E-state index contributed by atoms with van der Waals surface area (Å²) < 4.78 is 6.14. The number of carbonyl (C=O) groups excluding carboxylic acids is 1. The van der Waals surface area contributed by atoms with Crippen molar-refractivity contribution in [3.05, 3.63) is 118 Å². The molecule has 0 aliphatic rings. The molecule has 0 aliphatic carbocycles. The van der Waals surface area contributed by atoms with Crippen LogP contribution in [-0.4, -0.2) is 16.9 Å². The zero-order valence-electron chi connectivity index (χ0n) is 21.9. The third-order valence-corrected chi connectivity index (χ3v) is 6.79. The minimum Gasteiger partial charge on any atom is -0.456 e. The van der Waals surface area contributed by atoms with Crippen molar-refractivity contribution >= 4 is 5.97 Å². The molecule has 0 saturated carbocycles. The Morgan fingerprint density at radius 3 is 2.17 bits per heavy atom. The van der Waals surface area contributed by atoms with Gasteiger partial charge in [-0.1, -0.05) is 78.4 Å². The summed E-state index contributed by atoms with van der Waals surface area (Å²) in [5.41, 5.74) is 8.76. The molecule has 0 spiro atoms. The zero-order chi connectivity index (χ0) is 25.4. The van der Waals surface area contributed by atoms with E-state index < -0.39 is 0 Å². The van der Waals surface area contributed by atoms with E-state index in [1.807, 2.05) is 18.2 Å². The number of hydrogen-bond acceptors (Lipinski definition) is 3. The molecule has 0 bridgehead atoms. The second kappa shape index (κ2) is 12.5. The van der Waals surface area contributed by atoms with Crippen LogP contribution in [0.5, 0.6) is 0 Å². The second-order valence-corrected chi connectivity index (χ2v) is 9.60. The van der Waals surface area contributed by atoms with Gasteiger partial charge in [0.15, 0.2) is 0 Å². The van der Waals surface area contributed by atoms with E-state index >= 15 is 0 Å². The number of aryl methyl sites for hydroxylation is 4. The summed E-state index contributed by atoms with van der Waals surface area (Å²) in [6.07, 6.45) is 2.34. The van der Waals surface area contributed by atoms with Crippen molar-refractivity contribution < 1.29 is 9.53 Å². The first-order valence-electron chi connectivity index (χ1n) is 12.5. The van der Waals surface area contributed by atoms with Crippen LogP contribution in [0.3, 0.4) is 0 Å². The highest BCUT2D eigenvalue weighted by atomic mass is 16.5. The molecule has 0 unspecified atom stereocenters. The number of esters is 1. The molecule has 0 fully saturated rings. The van der Waals surface area contributed by atoms with Crippen LogP contribution in [-0.2, 0) is 22.6 Å². The fraction of sp³-hybridized carbons (Fsp3) is 0.344. The number of nitrogens with zero attached hydrogens (tertiary/aromatic N) is 1. The lowest BCUT2D eigenvalue weighted by molar-refractivity contribution is -0.153. The first-order valence-corrected chi connectivity index (χ1v) is 12.5. The van der Waals surface area contributed by atoms with E-state index in [1.165, 1.54) is 33.4 Å². The SMILES string of the molecule is C=CCCC(=O)O[C@H](c1ccccc1)[C@H](C)N(Cc1ccccc1C)Cc1c(C)cc(C)cc1C. The molecule has 0 aliphatic heterocycles. The lowest BCUT2D eigenvalue weighted by atomic mass is 9.96. The number of rotatable bonds is 11. The summed E-state index contributed by atoms with van der Waals surface area (Å²) in [5.74, 6) is -0.191. The second-order valence-electron chi connectivity index (χ2n) is 9.60. The third kappa shape index (κ3) is 7.16. The molecule has 35 heavy (non-hydrogen) atoms. The fourth-order valence-electron chi connectivity index (χ4n) is 4.71. The van der Waals surface area contributed by atoms with Crippen molar-refractivity contribution in [3.8, 4) is 0 Å². The molecule has 0 N–H and O–H groups in total. The molecule has 3 rings (SSSR count). The maximum atomic E-state index is 12.7. The molecule has 2 atom stereocenters. The zero-order valence-corrected chi connectivity index (χ0v) is 21.9. The quantitative estimate of drug-likeness (QED) is 0.214. The van der Waals surface area contributed by atoms with E-state index in [4.69, 9.17) is 4.74 Å². The van der Waals surface area contributed by atoms with E-state index in [0.717, 1.165) is 18.7 Å². The van der Waals surface area contributed by atoms with Crippen molar-refractivity contribution in [3.63, 3.8) is 0 Å². The van der Waals surface area contributed by atoms with Gasteiger partial charge in [0.1, 0.15) is 6.10 Å². The van der Waals surface area contributed by atoms with Crippen LogP contribution in [0.1, 0.15) is 64.8 Å². The molecule has 0 radical (unpaired) electrons. The molecule has 0 heterocycles. The maximum Gasteiger partial charge on any atom is 0.306 e. The molecular formula is C32H39NO2. The van der Waals surface area contributed by atoms with Crippen LogP contribution < -0.4 is 0 Å². The van der Waals surface area contributed by atoms with E-state index in [2.05, 4.69) is 94.6 Å². The predicted octanol–water partition coefficient (Wildman–Crippen LogP) is 7.56. The topological polar surface area (TPSA) is 29.5 Å². The highest BCUT2D eigenvalue weighted by Gasteiger charge is 2.29. The highest BCUT2D eigenvalue weighted by molar-refractivity contribution is 5.70. The van der Waals surface area contributed by atoms with Crippen molar-refractivity contribution in [2.24, 2.45) is 0 Å². The summed E-state index contributed by atoms with van der Waals surface area (Å²) in [7, 11) is 0. The Morgan fingerprint density at radius 2 is 1.54 bits per heavy atom. The lowest BCUT2D eigenvalue weighted by Crippen LogP contribution is -2.39. The number of benzene rings is 3. The summed E-state index contributed by atoms with van der Waals surface area (Å²) >= 11 is 0. The monoisotopic (exact) mass is 469 g/mol. The van der Waals surface area contributed by atoms with E-state index in [0.29, 0.717) is 12.8 Å². The van der Waals surface area contributed by atoms with Gasteiger partial charge in [0.25, 0.3) is 0 Å². The molecular weight excluding hydrogens is 430 g/mol.